The molecule has 0 heterocycles. The lowest BCUT2D eigenvalue weighted by molar-refractivity contribution is -0.185. The summed E-state index contributed by atoms with van der Waals surface area (Å²) in [6.45, 7) is 20.1. The van der Waals surface area contributed by atoms with Crippen LogP contribution in [0.3, 0.4) is 0 Å². The van der Waals surface area contributed by atoms with Gasteiger partial charge in [-0.05, 0) is 143 Å². The summed E-state index contributed by atoms with van der Waals surface area (Å²) in [5.41, 5.74) is 1.39. The van der Waals surface area contributed by atoms with Gasteiger partial charge in [0.15, 0.2) is 34.6 Å². The van der Waals surface area contributed by atoms with Crippen LogP contribution in [0.15, 0.2) is 76.4 Å². The Morgan fingerprint density at radius 1 is 0.755 bits per heavy atom. The molecule has 0 amide bonds. The minimum absolute atomic E-state index is 0.0538. The molecule has 6 heteroatoms. The summed E-state index contributed by atoms with van der Waals surface area (Å²) in [7, 11) is 0. The lowest BCUT2D eigenvalue weighted by Gasteiger charge is -2.62. The van der Waals surface area contributed by atoms with Crippen molar-refractivity contribution in [2.45, 2.75) is 121 Å². The van der Waals surface area contributed by atoms with Crippen molar-refractivity contribution in [1.82, 2.24) is 0 Å². The fraction of sp³-hybridized carbons (Fsp3) is 0.535. The smallest absolute Gasteiger partial charge is 0.181 e. The second kappa shape index (κ2) is 15.8. The van der Waals surface area contributed by atoms with E-state index in [1.165, 1.54) is 23.3 Å². The van der Waals surface area contributed by atoms with Crippen LogP contribution in [-0.2, 0) is 14.4 Å². The van der Waals surface area contributed by atoms with E-state index in [2.05, 4.69) is 39.0 Å². The number of allylic oxidation sites excluding steroid dienone is 10. The standard InChI is InChI=1S/C43H58O6/c1-27(2)13-11-15-31(9)16-18-33-26-42(23-20-29(5)6)38(47)36(37(46)32-17-19-34(44)35(45)25-32)39(48)43(40(42)49,24-21-30(7)8)41(33,10)22-12-14-28(3)4/h13-14,16-17,19-21,25,33,36,44-45H,11-12,15,18,22-24,26H2,1-10H3/t33-,36?,41+,42+,43-/m1/s1. The normalized spacial score (nSPS) is 26.6. The quantitative estimate of drug-likeness (QED) is 0.0883. The number of hydrogen-bond acceptors (Lipinski definition) is 6. The number of hydrogen-bond donors (Lipinski definition) is 2. The first kappa shape index (κ1) is 39.6. The molecule has 1 aromatic rings. The highest BCUT2D eigenvalue weighted by Crippen LogP contribution is 2.67. The van der Waals surface area contributed by atoms with Crippen LogP contribution >= 0.6 is 0 Å². The molecule has 0 aliphatic heterocycles. The number of aromatic hydroxyl groups is 2. The molecule has 2 saturated carbocycles. The molecule has 5 atom stereocenters. The Bertz CT molecular complexity index is 1620. The summed E-state index contributed by atoms with van der Waals surface area (Å²) in [5, 5.41) is 20.2. The maximum absolute atomic E-state index is 15.4. The average molecular weight is 671 g/mol. The summed E-state index contributed by atoms with van der Waals surface area (Å²) in [6, 6.07) is 3.58. The topological polar surface area (TPSA) is 109 Å². The summed E-state index contributed by atoms with van der Waals surface area (Å²) >= 11 is 0. The van der Waals surface area contributed by atoms with Crippen molar-refractivity contribution >= 4 is 23.1 Å². The molecule has 266 valence electrons. The third kappa shape index (κ3) is 8.00. The first-order chi connectivity index (χ1) is 22.8. The van der Waals surface area contributed by atoms with Gasteiger partial charge >= 0.3 is 0 Å². The Morgan fingerprint density at radius 2 is 1.33 bits per heavy atom. The molecule has 1 aromatic carbocycles. The maximum atomic E-state index is 15.4. The third-order valence-electron chi connectivity index (χ3n) is 11.0. The van der Waals surface area contributed by atoms with Gasteiger partial charge in [-0.15, -0.1) is 0 Å². The highest BCUT2D eigenvalue weighted by atomic mass is 16.3. The van der Waals surface area contributed by atoms with Crippen LogP contribution < -0.4 is 0 Å². The van der Waals surface area contributed by atoms with E-state index in [9.17, 15) is 19.8 Å². The molecule has 2 fully saturated rings. The Kier molecular flexibility index (Phi) is 12.8. The average Bonchev–Trinajstić information content (AvgIpc) is 3.00. The molecular formula is C43H58O6. The van der Waals surface area contributed by atoms with Gasteiger partial charge in [-0.25, -0.2) is 0 Å². The van der Waals surface area contributed by atoms with Crippen LogP contribution in [0.25, 0.3) is 0 Å². The molecule has 0 spiro atoms. The van der Waals surface area contributed by atoms with E-state index in [4.69, 9.17) is 0 Å². The fourth-order valence-corrected chi connectivity index (χ4v) is 7.98. The minimum Gasteiger partial charge on any atom is -0.504 e. The van der Waals surface area contributed by atoms with E-state index in [0.717, 1.165) is 35.6 Å². The number of rotatable bonds is 14. The van der Waals surface area contributed by atoms with Gasteiger partial charge in [-0.2, -0.15) is 0 Å². The summed E-state index contributed by atoms with van der Waals surface area (Å²) in [4.78, 5) is 59.9. The zero-order valence-corrected chi connectivity index (χ0v) is 31.5. The Labute approximate surface area is 294 Å². The van der Waals surface area contributed by atoms with Crippen molar-refractivity contribution in [2.24, 2.45) is 28.1 Å². The highest BCUT2D eigenvalue weighted by Gasteiger charge is 2.75. The van der Waals surface area contributed by atoms with Crippen LogP contribution in [-0.4, -0.2) is 33.3 Å². The molecule has 0 aromatic heterocycles. The van der Waals surface area contributed by atoms with Gasteiger partial charge in [0.05, 0.1) is 10.8 Å². The molecule has 3 rings (SSSR count). The summed E-state index contributed by atoms with van der Waals surface area (Å²) < 4.78 is 0. The van der Waals surface area contributed by atoms with Crippen molar-refractivity contribution in [2.75, 3.05) is 0 Å². The molecule has 0 saturated heterocycles. The molecule has 1 unspecified atom stereocenters. The van der Waals surface area contributed by atoms with Crippen LogP contribution in [0, 0.1) is 28.1 Å². The first-order valence-electron chi connectivity index (χ1n) is 17.7. The van der Waals surface area contributed by atoms with E-state index in [0.29, 0.717) is 19.3 Å². The van der Waals surface area contributed by atoms with E-state index in [1.807, 2.05) is 60.6 Å². The molecule has 2 aliphatic rings. The van der Waals surface area contributed by atoms with E-state index < -0.39 is 51.0 Å². The van der Waals surface area contributed by atoms with Crippen LogP contribution in [0.1, 0.15) is 131 Å². The predicted molar refractivity (Wildman–Crippen MR) is 197 cm³/mol. The fourth-order valence-electron chi connectivity index (χ4n) is 7.98. The molecule has 2 N–H and O–H groups in total. The number of ketones is 4. The van der Waals surface area contributed by atoms with Crippen LogP contribution in [0.4, 0.5) is 0 Å². The number of Topliss-reactive ketones (excluding diaryl/α,β-unsaturated/α-hetero) is 4. The molecule has 0 radical (unpaired) electrons. The Hall–Kier alpha value is -3.80. The van der Waals surface area contributed by atoms with Gasteiger partial charge in [0, 0.05) is 5.56 Å². The number of benzene rings is 1. The SMILES string of the molecule is CC(C)=CCCC(C)=CC[C@@H]1C[C@@]2(CC=C(C)C)C(=O)C(C(=O)c3ccc(O)c(O)c3)C(=O)[C@](CC=C(C)C)(C2=O)[C@@]1(C)CCC=C(C)C. The largest absolute Gasteiger partial charge is 0.504 e. The molecule has 6 nitrogen and oxygen atoms in total. The second-order valence-corrected chi connectivity index (χ2v) is 15.8. The van der Waals surface area contributed by atoms with Crippen LogP contribution in [0.2, 0.25) is 0 Å². The summed E-state index contributed by atoms with van der Waals surface area (Å²) in [6.07, 6.45) is 14.5. The van der Waals surface area contributed by atoms with Gasteiger partial charge < -0.3 is 10.2 Å². The molecule has 49 heavy (non-hydrogen) atoms. The van der Waals surface area contributed by atoms with Crippen molar-refractivity contribution < 1.29 is 29.4 Å². The number of carbonyl (C=O) groups excluding carboxylic acids is 4. The zero-order chi connectivity index (χ0) is 36.9. The molecular weight excluding hydrogens is 612 g/mol. The van der Waals surface area contributed by atoms with Crippen LogP contribution in [0.5, 0.6) is 11.5 Å². The van der Waals surface area contributed by atoms with Crippen molar-refractivity contribution in [1.29, 1.82) is 0 Å². The van der Waals surface area contributed by atoms with Gasteiger partial charge in [0.2, 0.25) is 0 Å². The Morgan fingerprint density at radius 3 is 1.90 bits per heavy atom. The number of carbonyl (C=O) groups is 4. The molecule has 2 bridgehead atoms. The van der Waals surface area contributed by atoms with E-state index in [1.54, 1.807) is 0 Å². The monoisotopic (exact) mass is 670 g/mol. The second-order valence-electron chi connectivity index (χ2n) is 15.8. The number of fused-ring (bicyclic) bond motifs is 2. The number of phenols is 2. The van der Waals surface area contributed by atoms with E-state index >= 15 is 9.59 Å². The number of phenolic OH excluding ortho intramolecular Hbond substituents is 2. The van der Waals surface area contributed by atoms with Crippen molar-refractivity contribution in [3.8, 4) is 11.5 Å². The van der Waals surface area contributed by atoms with Gasteiger partial charge in [0.1, 0.15) is 5.92 Å². The zero-order valence-electron chi connectivity index (χ0n) is 31.5. The van der Waals surface area contributed by atoms with Gasteiger partial charge in [-0.1, -0.05) is 65.2 Å². The highest BCUT2D eigenvalue weighted by molar-refractivity contribution is 6.38. The molecule has 2 aliphatic carbocycles. The lowest BCUT2D eigenvalue weighted by atomic mass is 9.36. The minimum atomic E-state index is -1.71. The van der Waals surface area contributed by atoms with Crippen molar-refractivity contribution in [3.05, 3.63) is 82.0 Å². The Balaban J connectivity index is 2.38. The van der Waals surface area contributed by atoms with E-state index in [-0.39, 0.29) is 36.5 Å². The van der Waals surface area contributed by atoms with Gasteiger partial charge in [0.25, 0.3) is 0 Å². The summed E-state index contributed by atoms with van der Waals surface area (Å²) in [5.74, 6) is -5.22. The predicted octanol–water partition coefficient (Wildman–Crippen LogP) is 10.2. The first-order valence-corrected chi connectivity index (χ1v) is 17.7. The van der Waals surface area contributed by atoms with Crippen molar-refractivity contribution in [3.63, 3.8) is 0 Å². The lowest BCUT2D eigenvalue weighted by Crippen LogP contribution is -2.72. The maximum Gasteiger partial charge on any atom is 0.181 e. The third-order valence-corrected chi connectivity index (χ3v) is 11.0. The van der Waals surface area contributed by atoms with Gasteiger partial charge in [-0.3, -0.25) is 19.2 Å².